The van der Waals surface area contributed by atoms with Gasteiger partial charge in [-0.2, -0.15) is 5.10 Å². The minimum absolute atomic E-state index is 0.0981. The number of amides is 3. The Kier molecular flexibility index (Phi) is 9.80. The third-order valence-electron chi connectivity index (χ3n) is 6.72. The zero-order valence-corrected chi connectivity index (χ0v) is 24.8. The van der Waals surface area contributed by atoms with Crippen LogP contribution in [0.5, 0.6) is 5.75 Å². The molecule has 2 heterocycles. The molecule has 5 rings (SSSR count). The van der Waals surface area contributed by atoms with Crippen LogP contribution >= 0.6 is 0 Å². The molecule has 0 saturated carbocycles. The Morgan fingerprint density at radius 2 is 1.66 bits per heavy atom. The zero-order valence-electron chi connectivity index (χ0n) is 24.8. The Morgan fingerprint density at radius 3 is 2.45 bits per heavy atom. The summed E-state index contributed by atoms with van der Waals surface area (Å²) < 4.78 is 18.1. The molecule has 11 nitrogen and oxygen atoms in total. The van der Waals surface area contributed by atoms with Crippen molar-refractivity contribution in [1.82, 2.24) is 14.8 Å². The smallest absolute Gasteiger partial charge is 0.324 e. The van der Waals surface area contributed by atoms with E-state index >= 15 is 0 Å². The lowest BCUT2D eigenvalue weighted by atomic mass is 10.1. The first-order valence-corrected chi connectivity index (χ1v) is 14.1. The number of hydrogen-bond acceptors (Lipinski definition) is 7. The van der Waals surface area contributed by atoms with Gasteiger partial charge in [-0.05, 0) is 44.2 Å². The van der Waals surface area contributed by atoms with Gasteiger partial charge in [0.05, 0.1) is 42.2 Å². The van der Waals surface area contributed by atoms with E-state index in [-0.39, 0.29) is 19.1 Å². The van der Waals surface area contributed by atoms with E-state index in [2.05, 4.69) is 26.0 Å². The topological polar surface area (TPSA) is 129 Å². The molecule has 5 aromatic rings. The van der Waals surface area contributed by atoms with Gasteiger partial charge in [0.25, 0.3) is 0 Å². The van der Waals surface area contributed by atoms with Crippen LogP contribution in [-0.4, -0.2) is 53.6 Å². The van der Waals surface area contributed by atoms with Gasteiger partial charge in [-0.25, -0.2) is 9.48 Å². The van der Waals surface area contributed by atoms with Crippen LogP contribution in [0.2, 0.25) is 0 Å². The fraction of sp³-hybridized carbons (Fsp3) is 0.212. The van der Waals surface area contributed by atoms with Crippen LogP contribution in [0.3, 0.4) is 0 Å². The van der Waals surface area contributed by atoms with Crippen molar-refractivity contribution >= 4 is 39.9 Å². The minimum Gasteiger partial charge on any atom is -0.488 e. The number of pyridine rings is 1. The number of rotatable bonds is 12. The van der Waals surface area contributed by atoms with E-state index in [1.54, 1.807) is 36.3 Å². The standard InChI is InChI=1S/C33H34N6O5/c1-22-8-10-25(11-9-22)39-31(18-23(2)38-39)37-33(41)36-28-12-13-30(27-7-5-4-6-26(27)28)44-20-24-14-15-34-19-29(24)35-32(40)21-43-17-16-42-3/h4-15,18-19H,16-17,20-21H2,1-3H3,(H,35,40)(H2,36,37,41). The maximum absolute atomic E-state index is 13.1. The summed E-state index contributed by atoms with van der Waals surface area (Å²) in [6.07, 6.45) is 3.21. The van der Waals surface area contributed by atoms with E-state index in [9.17, 15) is 9.59 Å². The molecular formula is C33H34N6O5. The van der Waals surface area contributed by atoms with Crippen LogP contribution in [0.15, 0.2) is 85.2 Å². The highest BCUT2D eigenvalue weighted by atomic mass is 16.5. The van der Waals surface area contributed by atoms with Gasteiger partial charge < -0.3 is 24.8 Å². The second-order valence-electron chi connectivity index (χ2n) is 10.1. The zero-order chi connectivity index (χ0) is 30.9. The lowest BCUT2D eigenvalue weighted by molar-refractivity contribution is -0.121. The normalized spacial score (nSPS) is 10.9. The Labute approximate surface area is 255 Å². The van der Waals surface area contributed by atoms with Crippen molar-refractivity contribution in [2.45, 2.75) is 20.5 Å². The van der Waals surface area contributed by atoms with Gasteiger partial charge in [0, 0.05) is 35.7 Å². The Morgan fingerprint density at radius 1 is 0.864 bits per heavy atom. The van der Waals surface area contributed by atoms with Gasteiger partial charge in [-0.3, -0.25) is 15.1 Å². The summed E-state index contributed by atoms with van der Waals surface area (Å²) in [5.74, 6) is 0.873. The van der Waals surface area contributed by atoms with Gasteiger partial charge in [-0.15, -0.1) is 0 Å². The molecule has 0 fully saturated rings. The highest BCUT2D eigenvalue weighted by Crippen LogP contribution is 2.33. The highest BCUT2D eigenvalue weighted by Gasteiger charge is 2.15. The molecule has 0 aliphatic rings. The van der Waals surface area contributed by atoms with E-state index in [1.807, 2.05) is 74.5 Å². The quantitative estimate of drug-likeness (QED) is 0.154. The SMILES string of the molecule is COCCOCC(=O)Nc1cnccc1COc1ccc(NC(=O)Nc2cc(C)nn2-c2ccc(C)cc2)c2ccccc12. The fourth-order valence-corrected chi connectivity index (χ4v) is 4.56. The van der Waals surface area contributed by atoms with Crippen molar-refractivity contribution in [3.05, 3.63) is 102 Å². The summed E-state index contributed by atoms with van der Waals surface area (Å²) in [5, 5.41) is 14.9. The van der Waals surface area contributed by atoms with Crippen LogP contribution in [0.4, 0.5) is 22.0 Å². The lowest BCUT2D eigenvalue weighted by Crippen LogP contribution is -2.21. The number of nitrogens with one attached hydrogen (secondary N) is 3. The molecule has 226 valence electrons. The average molecular weight is 595 g/mol. The molecule has 3 amide bonds. The summed E-state index contributed by atoms with van der Waals surface area (Å²) >= 11 is 0. The molecule has 11 heteroatoms. The van der Waals surface area contributed by atoms with E-state index in [1.165, 1.54) is 0 Å². The molecule has 3 N–H and O–H groups in total. The first-order chi connectivity index (χ1) is 21.4. The van der Waals surface area contributed by atoms with Crippen molar-refractivity contribution < 1.29 is 23.8 Å². The van der Waals surface area contributed by atoms with Gasteiger partial charge in [0.2, 0.25) is 5.91 Å². The molecule has 0 bridgehead atoms. The lowest BCUT2D eigenvalue weighted by Gasteiger charge is -2.15. The Balaban J connectivity index is 1.28. The number of hydrogen-bond donors (Lipinski definition) is 3. The monoisotopic (exact) mass is 594 g/mol. The molecular weight excluding hydrogens is 560 g/mol. The minimum atomic E-state index is -0.402. The van der Waals surface area contributed by atoms with Crippen LogP contribution in [0.1, 0.15) is 16.8 Å². The maximum atomic E-state index is 13.1. The largest absolute Gasteiger partial charge is 0.488 e. The number of nitrogens with zero attached hydrogens (tertiary/aromatic N) is 3. The number of methoxy groups -OCH3 is 1. The molecule has 3 aromatic carbocycles. The predicted octanol–water partition coefficient (Wildman–Crippen LogP) is 5.86. The van der Waals surface area contributed by atoms with Gasteiger partial charge in [0.15, 0.2) is 0 Å². The van der Waals surface area contributed by atoms with Crippen molar-refractivity contribution in [1.29, 1.82) is 0 Å². The summed E-state index contributed by atoms with van der Waals surface area (Å²) in [4.78, 5) is 29.6. The first kappa shape index (κ1) is 30.2. The molecule has 0 spiro atoms. The molecule has 0 radical (unpaired) electrons. The summed E-state index contributed by atoms with van der Waals surface area (Å²) in [7, 11) is 1.57. The number of carbonyl (C=O) groups is 2. The number of benzene rings is 3. The van der Waals surface area contributed by atoms with Crippen molar-refractivity contribution in [2.75, 3.05) is 42.9 Å². The Bertz CT molecular complexity index is 1750. The van der Waals surface area contributed by atoms with E-state index in [0.29, 0.717) is 36.2 Å². The third kappa shape index (κ3) is 7.57. The van der Waals surface area contributed by atoms with Crippen LogP contribution in [0.25, 0.3) is 16.5 Å². The number of ether oxygens (including phenoxy) is 3. The highest BCUT2D eigenvalue weighted by molar-refractivity contribution is 6.07. The summed E-state index contributed by atoms with van der Waals surface area (Å²) in [6, 6.07) is 22.4. The van der Waals surface area contributed by atoms with E-state index < -0.39 is 6.03 Å². The number of carbonyl (C=O) groups excluding carboxylic acids is 2. The number of aromatic nitrogens is 3. The average Bonchev–Trinajstić information content (AvgIpc) is 3.39. The molecule has 0 saturated heterocycles. The molecule has 0 atom stereocenters. The summed E-state index contributed by atoms with van der Waals surface area (Å²) in [5.41, 5.74) is 4.66. The maximum Gasteiger partial charge on any atom is 0.324 e. The summed E-state index contributed by atoms with van der Waals surface area (Å²) in [6.45, 7) is 4.71. The third-order valence-corrected chi connectivity index (χ3v) is 6.72. The van der Waals surface area contributed by atoms with Gasteiger partial charge in [0.1, 0.15) is 24.8 Å². The second kappa shape index (κ2) is 14.3. The van der Waals surface area contributed by atoms with E-state index in [4.69, 9.17) is 14.2 Å². The van der Waals surface area contributed by atoms with Gasteiger partial charge in [-0.1, -0.05) is 42.0 Å². The number of urea groups is 1. The van der Waals surface area contributed by atoms with Crippen molar-refractivity contribution in [2.24, 2.45) is 0 Å². The molecule has 0 unspecified atom stereocenters. The van der Waals surface area contributed by atoms with Crippen molar-refractivity contribution in [3.63, 3.8) is 0 Å². The van der Waals surface area contributed by atoms with Crippen LogP contribution in [-0.2, 0) is 20.9 Å². The molecule has 2 aromatic heterocycles. The first-order valence-electron chi connectivity index (χ1n) is 14.1. The van der Waals surface area contributed by atoms with Crippen LogP contribution < -0.4 is 20.7 Å². The molecule has 0 aliphatic heterocycles. The number of fused-ring (bicyclic) bond motifs is 1. The fourth-order valence-electron chi connectivity index (χ4n) is 4.56. The Hall–Kier alpha value is -5.26. The number of aryl methyl sites for hydroxylation is 2. The molecule has 0 aliphatic carbocycles. The second-order valence-corrected chi connectivity index (χ2v) is 10.1. The van der Waals surface area contributed by atoms with Crippen molar-refractivity contribution in [3.8, 4) is 11.4 Å². The molecule has 44 heavy (non-hydrogen) atoms. The van der Waals surface area contributed by atoms with Gasteiger partial charge >= 0.3 is 6.03 Å². The van der Waals surface area contributed by atoms with Crippen LogP contribution in [0, 0.1) is 13.8 Å². The number of anilines is 3. The van der Waals surface area contributed by atoms with E-state index in [0.717, 1.165) is 33.3 Å². The predicted molar refractivity (Wildman–Crippen MR) is 170 cm³/mol.